The Morgan fingerprint density at radius 2 is 1.66 bits per heavy atom. The maximum atomic E-state index is 5.66. The maximum Gasteiger partial charge on any atom is 0.203 e. The molecule has 0 saturated carbocycles. The van der Waals surface area contributed by atoms with Crippen LogP contribution in [0.15, 0.2) is 41.4 Å². The van der Waals surface area contributed by atoms with E-state index in [0.29, 0.717) is 36.9 Å². The minimum absolute atomic E-state index is 0. The lowest BCUT2D eigenvalue weighted by molar-refractivity contribution is 0.288. The number of nitrogens with one attached hydrogen (secondary N) is 2. The van der Waals surface area contributed by atoms with E-state index < -0.39 is 0 Å². The molecule has 0 saturated heterocycles. The fraction of sp³-hybridized carbons (Fsp3) is 0.409. The number of hydrogen-bond donors (Lipinski definition) is 2. The molecule has 0 unspecified atom stereocenters. The molecule has 0 atom stereocenters. The lowest BCUT2D eigenvalue weighted by atomic mass is 10.1. The first-order chi connectivity index (χ1) is 13.6. The molecule has 2 N–H and O–H groups in total. The van der Waals surface area contributed by atoms with E-state index in [-0.39, 0.29) is 24.0 Å². The van der Waals surface area contributed by atoms with Crippen molar-refractivity contribution in [2.45, 2.75) is 33.9 Å². The first kappa shape index (κ1) is 24.9. The topological polar surface area (TPSA) is 64.1 Å². The second-order valence-corrected chi connectivity index (χ2v) is 6.24. The Labute approximate surface area is 191 Å². The highest BCUT2D eigenvalue weighted by Gasteiger charge is 2.13. The minimum Gasteiger partial charge on any atom is -0.493 e. The number of halogens is 1. The van der Waals surface area contributed by atoms with Crippen LogP contribution in [0.2, 0.25) is 0 Å². The third-order valence-electron chi connectivity index (χ3n) is 4.28. The Balaban J connectivity index is 0.00000420. The van der Waals surface area contributed by atoms with Crippen LogP contribution in [0.4, 0.5) is 0 Å². The quantitative estimate of drug-likeness (QED) is 0.298. The molecule has 0 aliphatic heterocycles. The van der Waals surface area contributed by atoms with E-state index in [2.05, 4.69) is 29.7 Å². The van der Waals surface area contributed by atoms with Crippen LogP contribution in [0.3, 0.4) is 0 Å². The number of hydrogen-bond acceptors (Lipinski definition) is 4. The van der Waals surface area contributed by atoms with Gasteiger partial charge in [0, 0.05) is 13.1 Å². The average molecular weight is 513 g/mol. The molecule has 6 nitrogen and oxygen atoms in total. The molecule has 0 radical (unpaired) electrons. The van der Waals surface area contributed by atoms with E-state index in [4.69, 9.17) is 19.2 Å². The molecule has 0 amide bonds. The van der Waals surface area contributed by atoms with E-state index >= 15 is 0 Å². The third kappa shape index (κ3) is 7.30. The summed E-state index contributed by atoms with van der Waals surface area (Å²) in [6, 6.07) is 12.2. The zero-order chi connectivity index (χ0) is 20.4. The van der Waals surface area contributed by atoms with Crippen LogP contribution in [-0.2, 0) is 13.1 Å². The number of aryl methyl sites for hydroxylation is 1. The number of aliphatic imine (C=N–C) groups is 1. The van der Waals surface area contributed by atoms with Crippen LogP contribution in [0, 0.1) is 6.92 Å². The standard InChI is InChI=1S/C22H31N3O3.HI/c1-6-23-22(25-15-18-11-9-8-10-16(18)3)24-14-17-12-19(26-4)21(28-7-2)20(13-17)27-5;/h8-13H,6-7,14-15H2,1-5H3,(H2,23,24,25);1H. The zero-order valence-electron chi connectivity index (χ0n) is 17.9. The molecule has 2 rings (SSSR count). The molecule has 2 aromatic carbocycles. The number of guanidine groups is 1. The van der Waals surface area contributed by atoms with Crippen LogP contribution in [0.5, 0.6) is 17.2 Å². The van der Waals surface area contributed by atoms with Crippen molar-refractivity contribution in [1.82, 2.24) is 10.6 Å². The Bertz CT molecular complexity index is 772. The number of nitrogens with zero attached hydrogens (tertiary/aromatic N) is 1. The summed E-state index contributed by atoms with van der Waals surface area (Å²) in [7, 11) is 3.25. The van der Waals surface area contributed by atoms with Crippen molar-refractivity contribution < 1.29 is 14.2 Å². The van der Waals surface area contributed by atoms with Crippen molar-refractivity contribution in [2.75, 3.05) is 27.4 Å². The summed E-state index contributed by atoms with van der Waals surface area (Å²) in [4.78, 5) is 4.70. The summed E-state index contributed by atoms with van der Waals surface area (Å²) < 4.78 is 16.6. The second kappa shape index (κ2) is 13.1. The molecule has 0 aliphatic carbocycles. The van der Waals surface area contributed by atoms with Gasteiger partial charge in [-0.3, -0.25) is 0 Å². The molecule has 7 heteroatoms. The van der Waals surface area contributed by atoms with Gasteiger partial charge in [-0.25, -0.2) is 4.99 Å². The summed E-state index contributed by atoms with van der Waals surface area (Å²) in [5.74, 6) is 2.66. The Kier molecular flexibility index (Phi) is 11.3. The molecule has 0 aromatic heterocycles. The Morgan fingerprint density at radius 1 is 1.00 bits per heavy atom. The van der Waals surface area contributed by atoms with Crippen molar-refractivity contribution in [3.05, 3.63) is 53.1 Å². The molecule has 0 bridgehead atoms. The molecule has 0 spiro atoms. The van der Waals surface area contributed by atoms with Gasteiger partial charge in [-0.15, -0.1) is 24.0 Å². The van der Waals surface area contributed by atoms with Crippen LogP contribution in [0.25, 0.3) is 0 Å². The van der Waals surface area contributed by atoms with Crippen molar-refractivity contribution in [1.29, 1.82) is 0 Å². The normalized spacial score (nSPS) is 10.7. The van der Waals surface area contributed by atoms with Gasteiger partial charge in [0.25, 0.3) is 0 Å². The molecule has 0 heterocycles. The van der Waals surface area contributed by atoms with Gasteiger partial charge in [-0.2, -0.15) is 0 Å². The maximum absolute atomic E-state index is 5.66. The summed E-state index contributed by atoms with van der Waals surface area (Å²) in [6.07, 6.45) is 0. The van der Waals surface area contributed by atoms with E-state index in [1.165, 1.54) is 11.1 Å². The SMILES string of the molecule is CCNC(=NCc1cc(OC)c(OCC)c(OC)c1)NCc1ccccc1C.I. The highest BCUT2D eigenvalue weighted by molar-refractivity contribution is 14.0. The van der Waals surface area contributed by atoms with Gasteiger partial charge in [0.1, 0.15) is 0 Å². The molecule has 0 fully saturated rings. The number of methoxy groups -OCH3 is 2. The highest BCUT2D eigenvalue weighted by Crippen LogP contribution is 2.38. The smallest absolute Gasteiger partial charge is 0.203 e. The molecule has 160 valence electrons. The third-order valence-corrected chi connectivity index (χ3v) is 4.28. The van der Waals surface area contributed by atoms with Gasteiger partial charge in [-0.1, -0.05) is 24.3 Å². The minimum atomic E-state index is 0. The van der Waals surface area contributed by atoms with Crippen LogP contribution >= 0.6 is 24.0 Å². The predicted molar refractivity (Wildman–Crippen MR) is 129 cm³/mol. The second-order valence-electron chi connectivity index (χ2n) is 6.24. The fourth-order valence-corrected chi connectivity index (χ4v) is 2.81. The summed E-state index contributed by atoms with van der Waals surface area (Å²) in [5.41, 5.74) is 3.48. The molecular formula is C22H32IN3O3. The van der Waals surface area contributed by atoms with Crippen LogP contribution < -0.4 is 24.8 Å². The molecule has 0 aliphatic rings. The summed E-state index contributed by atoms with van der Waals surface area (Å²) >= 11 is 0. The lowest BCUT2D eigenvalue weighted by Crippen LogP contribution is -2.36. The summed E-state index contributed by atoms with van der Waals surface area (Å²) in [6.45, 7) is 8.62. The summed E-state index contributed by atoms with van der Waals surface area (Å²) in [5, 5.41) is 6.67. The molecule has 2 aromatic rings. The fourth-order valence-electron chi connectivity index (χ4n) is 2.81. The van der Waals surface area contributed by atoms with Crippen molar-refractivity contribution in [2.24, 2.45) is 4.99 Å². The lowest BCUT2D eigenvalue weighted by Gasteiger charge is -2.15. The predicted octanol–water partition coefficient (Wildman–Crippen LogP) is 4.28. The van der Waals surface area contributed by atoms with Crippen LogP contribution in [-0.4, -0.2) is 33.3 Å². The monoisotopic (exact) mass is 513 g/mol. The zero-order valence-corrected chi connectivity index (χ0v) is 20.2. The molecular weight excluding hydrogens is 481 g/mol. The van der Waals surface area contributed by atoms with Gasteiger partial charge in [0.2, 0.25) is 5.75 Å². The van der Waals surface area contributed by atoms with E-state index in [1.807, 2.05) is 38.1 Å². The van der Waals surface area contributed by atoms with Gasteiger partial charge >= 0.3 is 0 Å². The van der Waals surface area contributed by atoms with Crippen LogP contribution in [0.1, 0.15) is 30.5 Å². The van der Waals surface area contributed by atoms with Gasteiger partial charge in [0.15, 0.2) is 17.5 Å². The largest absolute Gasteiger partial charge is 0.493 e. The van der Waals surface area contributed by atoms with Gasteiger partial charge in [-0.05, 0) is 49.6 Å². The number of rotatable bonds is 9. The first-order valence-electron chi connectivity index (χ1n) is 9.57. The van der Waals surface area contributed by atoms with E-state index in [0.717, 1.165) is 18.1 Å². The average Bonchev–Trinajstić information content (AvgIpc) is 2.71. The highest BCUT2D eigenvalue weighted by atomic mass is 127. The Hall–Kier alpha value is -2.16. The van der Waals surface area contributed by atoms with Crippen molar-refractivity contribution in [3.63, 3.8) is 0 Å². The van der Waals surface area contributed by atoms with Gasteiger partial charge < -0.3 is 24.8 Å². The van der Waals surface area contributed by atoms with E-state index in [9.17, 15) is 0 Å². The number of benzene rings is 2. The Morgan fingerprint density at radius 3 is 2.21 bits per heavy atom. The van der Waals surface area contributed by atoms with Crippen molar-refractivity contribution in [3.8, 4) is 17.2 Å². The molecule has 29 heavy (non-hydrogen) atoms. The number of ether oxygens (including phenoxy) is 3. The van der Waals surface area contributed by atoms with Crippen molar-refractivity contribution >= 4 is 29.9 Å². The van der Waals surface area contributed by atoms with E-state index in [1.54, 1.807) is 14.2 Å². The van der Waals surface area contributed by atoms with Gasteiger partial charge in [0.05, 0.1) is 27.4 Å². The first-order valence-corrected chi connectivity index (χ1v) is 9.57.